The summed E-state index contributed by atoms with van der Waals surface area (Å²) in [5, 5.41) is 4.81. The highest BCUT2D eigenvalue weighted by molar-refractivity contribution is 7.92. The zero-order chi connectivity index (χ0) is 18.2. The summed E-state index contributed by atoms with van der Waals surface area (Å²) in [7, 11) is -1.15. The summed E-state index contributed by atoms with van der Waals surface area (Å²) >= 11 is 5.93. The van der Waals surface area contributed by atoms with Crippen LogP contribution < -0.4 is 14.2 Å². The van der Waals surface area contributed by atoms with Gasteiger partial charge >= 0.3 is 0 Å². The van der Waals surface area contributed by atoms with Crippen LogP contribution in [0.1, 0.15) is 5.69 Å². The van der Waals surface area contributed by atoms with Gasteiger partial charge in [-0.1, -0.05) is 16.8 Å². The first-order chi connectivity index (χ1) is 11.9. The minimum Gasteiger partial charge on any atom is -0.495 e. The Balaban J connectivity index is 2.11. The van der Waals surface area contributed by atoms with Crippen LogP contribution in [0.4, 0.5) is 5.69 Å². The third kappa shape index (κ3) is 3.22. The van der Waals surface area contributed by atoms with Gasteiger partial charge in [-0.05, 0) is 31.2 Å². The average molecular weight is 383 g/mol. The molecular formula is C16H15ClN2O5S. The maximum Gasteiger partial charge on any atom is 0.265 e. The van der Waals surface area contributed by atoms with Gasteiger partial charge in [0.05, 0.1) is 25.6 Å². The molecule has 0 atom stereocenters. The van der Waals surface area contributed by atoms with Crippen molar-refractivity contribution in [3.05, 3.63) is 41.0 Å². The average Bonchev–Trinajstić information content (AvgIpc) is 2.94. The molecule has 1 heterocycles. The second-order valence-electron chi connectivity index (χ2n) is 5.22. The van der Waals surface area contributed by atoms with Gasteiger partial charge in [0.2, 0.25) is 0 Å². The van der Waals surface area contributed by atoms with Gasteiger partial charge in [0.15, 0.2) is 5.58 Å². The van der Waals surface area contributed by atoms with Crippen LogP contribution in [0.25, 0.3) is 11.0 Å². The lowest BCUT2D eigenvalue weighted by molar-refractivity contribution is 0.403. The number of aromatic nitrogens is 1. The van der Waals surface area contributed by atoms with Crippen molar-refractivity contribution in [2.24, 2.45) is 0 Å². The molecular weight excluding hydrogens is 368 g/mol. The predicted octanol–water partition coefficient (Wildman–Crippen LogP) is 3.61. The van der Waals surface area contributed by atoms with Crippen molar-refractivity contribution in [1.29, 1.82) is 0 Å². The van der Waals surface area contributed by atoms with E-state index in [4.69, 9.17) is 25.6 Å². The molecule has 2 aromatic carbocycles. The summed E-state index contributed by atoms with van der Waals surface area (Å²) in [4.78, 5) is -0.0771. The molecule has 0 bridgehead atoms. The number of nitrogens with zero attached hydrogens (tertiary/aromatic N) is 1. The standard InChI is InChI=1S/C16H15ClN2O5S/c1-9-11-7-12(15(23-3)8-14(11)24-18-9)19-25(20,21)16-6-10(17)4-5-13(16)22-2/h4-8,19H,1-3H3. The molecule has 0 spiro atoms. The molecule has 7 nitrogen and oxygen atoms in total. The van der Waals surface area contributed by atoms with E-state index in [1.165, 1.54) is 26.4 Å². The van der Waals surface area contributed by atoms with Crippen molar-refractivity contribution in [2.45, 2.75) is 11.8 Å². The minimum atomic E-state index is -3.97. The highest BCUT2D eigenvalue weighted by atomic mass is 35.5. The third-order valence-electron chi connectivity index (χ3n) is 3.63. The number of halogens is 1. The molecule has 25 heavy (non-hydrogen) atoms. The molecule has 3 rings (SSSR count). The normalized spacial score (nSPS) is 11.5. The molecule has 0 saturated carbocycles. The van der Waals surface area contributed by atoms with Crippen molar-refractivity contribution in [1.82, 2.24) is 5.16 Å². The maximum atomic E-state index is 12.8. The summed E-state index contributed by atoms with van der Waals surface area (Å²) in [6.45, 7) is 1.76. The molecule has 3 aromatic rings. The van der Waals surface area contributed by atoms with E-state index >= 15 is 0 Å². The van der Waals surface area contributed by atoms with Crippen molar-refractivity contribution >= 4 is 38.3 Å². The summed E-state index contributed by atoms with van der Waals surface area (Å²) < 4.78 is 43.7. The lowest BCUT2D eigenvalue weighted by Gasteiger charge is -2.14. The van der Waals surface area contributed by atoms with Gasteiger partial charge in [0.25, 0.3) is 10.0 Å². The van der Waals surface area contributed by atoms with Crippen molar-refractivity contribution in [3.8, 4) is 11.5 Å². The van der Waals surface area contributed by atoms with Crippen LogP contribution in [0.5, 0.6) is 11.5 Å². The third-order valence-corrected chi connectivity index (χ3v) is 5.25. The monoisotopic (exact) mass is 382 g/mol. The molecule has 1 N–H and O–H groups in total. The second kappa shape index (κ2) is 6.45. The Hall–Kier alpha value is -2.45. The fourth-order valence-corrected chi connectivity index (χ4v) is 3.89. The van der Waals surface area contributed by atoms with Crippen molar-refractivity contribution in [3.63, 3.8) is 0 Å². The molecule has 0 aliphatic rings. The molecule has 1 aromatic heterocycles. The summed E-state index contributed by atoms with van der Waals surface area (Å²) in [5.41, 5.74) is 1.39. The van der Waals surface area contributed by atoms with E-state index in [9.17, 15) is 8.42 Å². The second-order valence-corrected chi connectivity index (χ2v) is 7.30. The van der Waals surface area contributed by atoms with Crippen LogP contribution in [0, 0.1) is 6.92 Å². The molecule has 0 unspecified atom stereocenters. The molecule has 0 aliphatic heterocycles. The van der Waals surface area contributed by atoms with E-state index < -0.39 is 10.0 Å². The van der Waals surface area contributed by atoms with E-state index in [1.54, 1.807) is 25.1 Å². The molecule has 0 saturated heterocycles. The van der Waals surface area contributed by atoms with Gasteiger partial charge in [0, 0.05) is 16.5 Å². The Bertz CT molecular complexity index is 1050. The van der Waals surface area contributed by atoms with Gasteiger partial charge in [0.1, 0.15) is 16.4 Å². The fourth-order valence-electron chi connectivity index (χ4n) is 2.40. The number of hydrogen-bond donors (Lipinski definition) is 1. The summed E-state index contributed by atoms with van der Waals surface area (Å²) in [5.74, 6) is 0.478. The first kappa shape index (κ1) is 17.4. The number of fused-ring (bicyclic) bond motifs is 1. The molecule has 0 aliphatic carbocycles. The van der Waals surface area contributed by atoms with E-state index in [2.05, 4.69) is 9.88 Å². The first-order valence-corrected chi connectivity index (χ1v) is 9.02. The Morgan fingerprint density at radius 1 is 1.12 bits per heavy atom. The quantitative estimate of drug-likeness (QED) is 0.724. The number of anilines is 1. The largest absolute Gasteiger partial charge is 0.495 e. The molecule has 0 fully saturated rings. The lowest BCUT2D eigenvalue weighted by Crippen LogP contribution is -2.14. The number of methoxy groups -OCH3 is 2. The van der Waals surface area contributed by atoms with Crippen molar-refractivity contribution in [2.75, 3.05) is 18.9 Å². The minimum absolute atomic E-state index is 0.0771. The van der Waals surface area contributed by atoms with E-state index in [1.807, 2.05) is 0 Å². The van der Waals surface area contributed by atoms with Crippen LogP contribution in [0.3, 0.4) is 0 Å². The Morgan fingerprint density at radius 3 is 2.52 bits per heavy atom. The SMILES string of the molecule is COc1cc2onc(C)c2cc1NS(=O)(=O)c1cc(Cl)ccc1OC. The van der Waals surface area contributed by atoms with Crippen LogP contribution in [-0.2, 0) is 10.0 Å². The zero-order valence-corrected chi connectivity index (χ0v) is 15.2. The van der Waals surface area contributed by atoms with Crippen LogP contribution in [0.15, 0.2) is 39.8 Å². The van der Waals surface area contributed by atoms with E-state index in [0.29, 0.717) is 22.4 Å². The van der Waals surface area contributed by atoms with Crippen molar-refractivity contribution < 1.29 is 22.4 Å². The van der Waals surface area contributed by atoms with Crippen LogP contribution >= 0.6 is 11.6 Å². The lowest BCUT2D eigenvalue weighted by atomic mass is 10.2. The molecule has 0 radical (unpaired) electrons. The summed E-state index contributed by atoms with van der Waals surface area (Å²) in [6.07, 6.45) is 0. The Morgan fingerprint density at radius 2 is 1.84 bits per heavy atom. The number of hydrogen-bond acceptors (Lipinski definition) is 6. The Kier molecular flexibility index (Phi) is 4.49. The molecule has 0 amide bonds. The number of sulfonamides is 1. The molecule has 132 valence electrons. The number of rotatable bonds is 5. The van der Waals surface area contributed by atoms with Gasteiger partial charge in [-0.25, -0.2) is 8.42 Å². The number of benzene rings is 2. The maximum absolute atomic E-state index is 12.8. The highest BCUT2D eigenvalue weighted by Crippen LogP contribution is 2.35. The number of nitrogens with one attached hydrogen (secondary N) is 1. The Labute approximate surface area is 149 Å². The highest BCUT2D eigenvalue weighted by Gasteiger charge is 2.23. The smallest absolute Gasteiger partial charge is 0.265 e. The van der Waals surface area contributed by atoms with Gasteiger partial charge in [-0.3, -0.25) is 4.72 Å². The first-order valence-electron chi connectivity index (χ1n) is 7.16. The van der Waals surface area contributed by atoms with Gasteiger partial charge in [-0.15, -0.1) is 0 Å². The van der Waals surface area contributed by atoms with Gasteiger partial charge in [-0.2, -0.15) is 0 Å². The van der Waals surface area contributed by atoms with E-state index in [0.717, 1.165) is 0 Å². The summed E-state index contributed by atoms with van der Waals surface area (Å²) in [6, 6.07) is 7.53. The van der Waals surface area contributed by atoms with Gasteiger partial charge < -0.3 is 14.0 Å². The number of ether oxygens (including phenoxy) is 2. The van der Waals surface area contributed by atoms with Crippen LogP contribution in [-0.4, -0.2) is 27.8 Å². The van der Waals surface area contributed by atoms with Crippen LogP contribution in [0.2, 0.25) is 5.02 Å². The van der Waals surface area contributed by atoms with E-state index in [-0.39, 0.29) is 21.4 Å². The topological polar surface area (TPSA) is 90.7 Å². The molecule has 9 heteroatoms. The number of aryl methyl sites for hydroxylation is 1. The predicted molar refractivity (Wildman–Crippen MR) is 94.1 cm³/mol. The fraction of sp³-hybridized carbons (Fsp3) is 0.188. The zero-order valence-electron chi connectivity index (χ0n) is 13.7.